The van der Waals surface area contributed by atoms with E-state index in [1.807, 2.05) is 41.5 Å². The first-order valence-electron chi connectivity index (χ1n) is 12.2. The standard InChI is InChI=1S/C26H32N4O4S/c1-35-24-7-3-2-5-17(24)21-6-4-10-30(21)25(32)14-28-26(33)27-13-16-8-9-19-18(11-16)23-12-20(29-19)22(31)15-34-23/h2-3,5,7-9,11,20-23,29,31H,4,6,10,12-15H2,1H3,(H2,27,28,33)/t20-,21-,22-,23?/m1/s1. The number of likely N-dealkylation sites (tertiary alicyclic amines) is 1. The molecule has 3 aliphatic heterocycles. The Bertz CT molecular complexity index is 1100. The number of fused-ring (bicyclic) bond motifs is 4. The van der Waals surface area contributed by atoms with Crippen LogP contribution in [0.25, 0.3) is 0 Å². The highest BCUT2D eigenvalue weighted by molar-refractivity contribution is 7.98. The SMILES string of the molecule is CSc1ccccc1[C@H]1CCCN1C(=O)CNC(=O)NCc1ccc2c(c1)C1C[C@@H](N2)[C@H](O)CO1. The summed E-state index contributed by atoms with van der Waals surface area (Å²) in [7, 11) is 0. The Kier molecular flexibility index (Phi) is 7.17. The molecule has 4 atom stereocenters. The molecule has 2 saturated heterocycles. The van der Waals surface area contributed by atoms with Gasteiger partial charge >= 0.3 is 6.03 Å². The smallest absolute Gasteiger partial charge is 0.315 e. The average Bonchev–Trinajstić information content (AvgIpc) is 3.38. The lowest BCUT2D eigenvalue weighted by Crippen LogP contribution is -2.46. The van der Waals surface area contributed by atoms with Crippen molar-refractivity contribution in [3.63, 3.8) is 0 Å². The van der Waals surface area contributed by atoms with E-state index in [9.17, 15) is 14.7 Å². The highest BCUT2D eigenvalue weighted by Crippen LogP contribution is 2.39. The number of amides is 3. The molecule has 3 heterocycles. The number of carbonyl (C=O) groups excluding carboxylic acids is 2. The van der Waals surface area contributed by atoms with Gasteiger partial charge in [-0.15, -0.1) is 11.8 Å². The third-order valence-corrected chi connectivity index (χ3v) is 7.94. The lowest BCUT2D eigenvalue weighted by molar-refractivity contribution is -0.131. The van der Waals surface area contributed by atoms with Crippen molar-refractivity contribution in [2.24, 2.45) is 0 Å². The summed E-state index contributed by atoms with van der Waals surface area (Å²) in [6.07, 6.45) is 4.13. The minimum Gasteiger partial charge on any atom is -0.389 e. The van der Waals surface area contributed by atoms with Gasteiger partial charge in [-0.2, -0.15) is 0 Å². The second-order valence-corrected chi connectivity index (χ2v) is 10.2. The van der Waals surface area contributed by atoms with Crippen LogP contribution in [0.1, 0.15) is 48.1 Å². The molecule has 0 aromatic heterocycles. The number of nitrogens with one attached hydrogen (secondary N) is 3. The van der Waals surface area contributed by atoms with E-state index in [0.29, 0.717) is 19.7 Å². The molecule has 4 N–H and O–H groups in total. The summed E-state index contributed by atoms with van der Waals surface area (Å²) in [4.78, 5) is 28.4. The highest BCUT2D eigenvalue weighted by atomic mass is 32.2. The summed E-state index contributed by atoms with van der Waals surface area (Å²) < 4.78 is 5.80. The van der Waals surface area contributed by atoms with E-state index in [4.69, 9.17) is 4.74 Å². The van der Waals surface area contributed by atoms with Crippen LogP contribution in [-0.4, -0.2) is 60.0 Å². The van der Waals surface area contributed by atoms with Gasteiger partial charge < -0.3 is 30.7 Å². The number of aliphatic hydroxyl groups is 1. The molecule has 2 aromatic rings. The fourth-order valence-corrected chi connectivity index (χ4v) is 5.97. The molecule has 2 aromatic carbocycles. The molecule has 0 aliphatic carbocycles. The Hall–Kier alpha value is -2.75. The molecule has 2 fully saturated rings. The van der Waals surface area contributed by atoms with Crippen LogP contribution in [0.4, 0.5) is 10.5 Å². The molecule has 35 heavy (non-hydrogen) atoms. The molecular weight excluding hydrogens is 464 g/mol. The molecule has 0 radical (unpaired) electrons. The van der Waals surface area contributed by atoms with Crippen molar-refractivity contribution in [3.05, 3.63) is 59.2 Å². The van der Waals surface area contributed by atoms with E-state index in [2.05, 4.69) is 28.1 Å². The normalized spacial score (nSPS) is 24.9. The average molecular weight is 497 g/mol. The minimum absolute atomic E-state index is 0.0120. The van der Waals surface area contributed by atoms with Crippen molar-refractivity contribution < 1.29 is 19.4 Å². The maximum Gasteiger partial charge on any atom is 0.315 e. The largest absolute Gasteiger partial charge is 0.389 e. The minimum atomic E-state index is -0.497. The summed E-state index contributed by atoms with van der Waals surface area (Å²) in [5.74, 6) is -0.0652. The van der Waals surface area contributed by atoms with Crippen LogP contribution in [0, 0.1) is 0 Å². The van der Waals surface area contributed by atoms with Crippen molar-refractivity contribution >= 4 is 29.4 Å². The third-order valence-electron chi connectivity index (χ3n) is 7.13. The van der Waals surface area contributed by atoms with Gasteiger partial charge in [0, 0.05) is 35.7 Å². The first-order chi connectivity index (χ1) is 17.0. The van der Waals surface area contributed by atoms with Crippen molar-refractivity contribution in [2.45, 2.75) is 55.0 Å². The monoisotopic (exact) mass is 496 g/mol. The molecule has 8 nitrogen and oxygen atoms in total. The number of aliphatic hydroxyl groups excluding tert-OH is 1. The van der Waals surface area contributed by atoms with E-state index < -0.39 is 6.10 Å². The van der Waals surface area contributed by atoms with Crippen LogP contribution in [0.5, 0.6) is 0 Å². The van der Waals surface area contributed by atoms with Gasteiger partial charge in [-0.3, -0.25) is 4.79 Å². The number of anilines is 1. The van der Waals surface area contributed by atoms with E-state index in [0.717, 1.165) is 36.1 Å². The molecule has 1 unspecified atom stereocenters. The summed E-state index contributed by atoms with van der Waals surface area (Å²) in [5.41, 5.74) is 4.15. The van der Waals surface area contributed by atoms with E-state index in [1.54, 1.807) is 11.8 Å². The molecule has 3 amide bonds. The number of benzene rings is 2. The summed E-state index contributed by atoms with van der Waals surface area (Å²) in [5, 5.41) is 19.0. The van der Waals surface area contributed by atoms with Crippen molar-refractivity contribution in [3.8, 4) is 0 Å². The van der Waals surface area contributed by atoms with Gasteiger partial charge in [0.25, 0.3) is 0 Å². The van der Waals surface area contributed by atoms with Crippen LogP contribution in [0.15, 0.2) is 47.4 Å². The number of hydrogen-bond donors (Lipinski definition) is 4. The van der Waals surface area contributed by atoms with Gasteiger partial charge in [-0.05, 0) is 48.4 Å². The fraction of sp³-hybridized carbons (Fsp3) is 0.462. The Morgan fingerprint density at radius 2 is 2.06 bits per heavy atom. The molecule has 2 bridgehead atoms. The number of thioether (sulfide) groups is 1. The number of hydrogen-bond acceptors (Lipinski definition) is 6. The Labute approximate surface area is 209 Å². The Balaban J connectivity index is 1.14. The molecule has 0 saturated carbocycles. The number of nitrogens with zero attached hydrogens (tertiary/aromatic N) is 1. The van der Waals surface area contributed by atoms with E-state index in [-0.39, 0.29) is 36.7 Å². The summed E-state index contributed by atoms with van der Waals surface area (Å²) in [6, 6.07) is 13.9. The van der Waals surface area contributed by atoms with Crippen LogP contribution < -0.4 is 16.0 Å². The zero-order chi connectivity index (χ0) is 24.4. The zero-order valence-electron chi connectivity index (χ0n) is 19.8. The fourth-order valence-electron chi connectivity index (χ4n) is 5.31. The van der Waals surface area contributed by atoms with Gasteiger partial charge in [-0.25, -0.2) is 4.79 Å². The number of urea groups is 1. The summed E-state index contributed by atoms with van der Waals surface area (Å²) in [6.45, 7) is 1.35. The van der Waals surface area contributed by atoms with Crippen molar-refractivity contribution in [1.29, 1.82) is 0 Å². The predicted molar refractivity (Wildman–Crippen MR) is 135 cm³/mol. The quantitative estimate of drug-likeness (QED) is 0.458. The van der Waals surface area contributed by atoms with Crippen molar-refractivity contribution in [2.75, 3.05) is 31.3 Å². The maximum absolute atomic E-state index is 12.9. The molecule has 186 valence electrons. The second-order valence-electron chi connectivity index (χ2n) is 9.32. The lowest BCUT2D eigenvalue weighted by Gasteiger charge is -2.40. The maximum atomic E-state index is 12.9. The molecule has 5 rings (SSSR count). The summed E-state index contributed by atoms with van der Waals surface area (Å²) >= 11 is 1.69. The van der Waals surface area contributed by atoms with Crippen LogP contribution in [-0.2, 0) is 16.1 Å². The predicted octanol–water partition coefficient (Wildman–Crippen LogP) is 3.19. The first-order valence-corrected chi connectivity index (χ1v) is 13.4. The Morgan fingerprint density at radius 3 is 2.91 bits per heavy atom. The molecular formula is C26H32N4O4S. The van der Waals surface area contributed by atoms with Gasteiger partial charge in [0.05, 0.1) is 37.4 Å². The van der Waals surface area contributed by atoms with Gasteiger partial charge in [0.1, 0.15) is 0 Å². The Morgan fingerprint density at radius 1 is 1.20 bits per heavy atom. The van der Waals surface area contributed by atoms with Crippen LogP contribution >= 0.6 is 11.8 Å². The van der Waals surface area contributed by atoms with Gasteiger partial charge in [-0.1, -0.05) is 24.3 Å². The van der Waals surface area contributed by atoms with E-state index >= 15 is 0 Å². The molecule has 0 spiro atoms. The van der Waals surface area contributed by atoms with Crippen LogP contribution in [0.3, 0.4) is 0 Å². The van der Waals surface area contributed by atoms with Crippen LogP contribution in [0.2, 0.25) is 0 Å². The van der Waals surface area contributed by atoms with Crippen molar-refractivity contribution in [1.82, 2.24) is 15.5 Å². The number of carbonyl (C=O) groups is 2. The first kappa shape index (κ1) is 24.0. The van der Waals surface area contributed by atoms with E-state index in [1.165, 1.54) is 10.5 Å². The lowest BCUT2D eigenvalue weighted by atomic mass is 9.89. The zero-order valence-corrected chi connectivity index (χ0v) is 20.6. The highest BCUT2D eigenvalue weighted by Gasteiger charge is 2.36. The number of rotatable bonds is 6. The number of ether oxygens (including phenoxy) is 1. The third kappa shape index (κ3) is 5.12. The van der Waals surface area contributed by atoms with Gasteiger partial charge in [0.2, 0.25) is 5.91 Å². The molecule has 3 aliphatic rings. The topological polar surface area (TPSA) is 103 Å². The second kappa shape index (κ2) is 10.5. The molecule has 9 heteroatoms. The van der Waals surface area contributed by atoms with Gasteiger partial charge in [0.15, 0.2) is 0 Å².